The number of benzene rings is 2. The number of hydrogen-bond acceptors (Lipinski definition) is 7. The Labute approximate surface area is 188 Å². The number of hydrazone groups is 1. The molecule has 3 rings (SSSR count). The zero-order valence-electron chi connectivity index (χ0n) is 17.0. The van der Waals surface area contributed by atoms with Gasteiger partial charge in [-0.25, -0.2) is 10.2 Å². The molecule has 0 radical (unpaired) electrons. The van der Waals surface area contributed by atoms with Crippen LogP contribution in [0.3, 0.4) is 0 Å². The first-order chi connectivity index (χ1) is 15.5. The third-order valence-corrected chi connectivity index (χ3v) is 5.08. The van der Waals surface area contributed by atoms with Crippen LogP contribution < -0.4 is 15.5 Å². The highest BCUT2D eigenvalue weighted by Gasteiger charge is 2.16. The molecule has 0 fully saturated rings. The number of thiophene rings is 1. The van der Waals surface area contributed by atoms with Gasteiger partial charge in [-0.05, 0) is 48.2 Å². The van der Waals surface area contributed by atoms with Crippen molar-refractivity contribution in [3.63, 3.8) is 0 Å². The molecule has 0 saturated heterocycles. The van der Waals surface area contributed by atoms with Gasteiger partial charge in [-0.15, -0.1) is 11.3 Å². The van der Waals surface area contributed by atoms with Crippen molar-refractivity contribution in [2.45, 2.75) is 13.3 Å². The number of hydrogen-bond donors (Lipinski definition) is 2. The minimum absolute atomic E-state index is 0.257. The molecule has 9 heteroatoms. The molecule has 1 aromatic heterocycles. The van der Waals surface area contributed by atoms with Crippen molar-refractivity contribution in [1.82, 2.24) is 5.43 Å². The summed E-state index contributed by atoms with van der Waals surface area (Å²) in [7, 11) is 0. The Morgan fingerprint density at radius 2 is 1.78 bits per heavy atom. The van der Waals surface area contributed by atoms with Crippen molar-refractivity contribution in [1.29, 1.82) is 5.26 Å². The Bertz CT molecular complexity index is 1200. The zero-order valence-corrected chi connectivity index (χ0v) is 17.8. The molecule has 160 valence electrons. The normalized spacial score (nSPS) is 10.7. The third-order valence-electron chi connectivity index (χ3n) is 4.23. The number of esters is 1. The topological polar surface area (TPSA) is 121 Å². The number of carbonyl (C=O) groups is 3. The summed E-state index contributed by atoms with van der Waals surface area (Å²) in [4.78, 5) is 36.9. The first kappa shape index (κ1) is 22.4. The largest absolute Gasteiger partial charge is 0.422 e. The monoisotopic (exact) mass is 446 g/mol. The van der Waals surface area contributed by atoms with Gasteiger partial charge in [0.15, 0.2) is 0 Å². The summed E-state index contributed by atoms with van der Waals surface area (Å²) in [6, 6.07) is 18.8. The van der Waals surface area contributed by atoms with E-state index < -0.39 is 17.8 Å². The van der Waals surface area contributed by atoms with Crippen molar-refractivity contribution in [2.75, 3.05) is 5.32 Å². The van der Waals surface area contributed by atoms with Gasteiger partial charge in [-0.1, -0.05) is 30.3 Å². The second kappa shape index (κ2) is 10.7. The summed E-state index contributed by atoms with van der Waals surface area (Å²) >= 11 is 1.27. The van der Waals surface area contributed by atoms with Crippen LogP contribution in [0.1, 0.15) is 27.7 Å². The first-order valence-corrected chi connectivity index (χ1v) is 10.3. The van der Waals surface area contributed by atoms with E-state index in [9.17, 15) is 14.4 Å². The minimum atomic E-state index is -0.960. The summed E-state index contributed by atoms with van der Waals surface area (Å²) < 4.78 is 5.45. The lowest BCUT2D eigenvalue weighted by Gasteiger charge is -2.09. The van der Waals surface area contributed by atoms with Gasteiger partial charge in [0, 0.05) is 11.3 Å². The van der Waals surface area contributed by atoms with Crippen molar-refractivity contribution in [3.8, 4) is 11.8 Å². The first-order valence-electron chi connectivity index (χ1n) is 9.44. The number of anilines is 1. The van der Waals surface area contributed by atoms with E-state index in [2.05, 4.69) is 15.8 Å². The molecule has 32 heavy (non-hydrogen) atoms. The predicted octanol–water partition coefficient (Wildman–Crippen LogP) is 3.51. The van der Waals surface area contributed by atoms with E-state index in [-0.39, 0.29) is 12.2 Å². The average Bonchev–Trinajstić information content (AvgIpc) is 3.34. The maximum Gasteiger partial charge on any atom is 0.353 e. The maximum absolute atomic E-state index is 12.2. The van der Waals surface area contributed by atoms with E-state index in [1.165, 1.54) is 11.3 Å². The Hall–Kier alpha value is -4.29. The second-order valence-corrected chi connectivity index (χ2v) is 7.43. The van der Waals surface area contributed by atoms with E-state index in [1.54, 1.807) is 73.0 Å². The molecule has 0 aliphatic carbocycles. The van der Waals surface area contributed by atoms with Crippen LogP contribution >= 0.6 is 11.3 Å². The van der Waals surface area contributed by atoms with Gasteiger partial charge in [0.2, 0.25) is 0 Å². The molecule has 0 aliphatic heterocycles. The molecule has 8 nitrogen and oxygen atoms in total. The van der Waals surface area contributed by atoms with E-state index in [1.807, 2.05) is 6.07 Å². The van der Waals surface area contributed by atoms with Gasteiger partial charge in [0.1, 0.15) is 10.6 Å². The third kappa shape index (κ3) is 5.87. The van der Waals surface area contributed by atoms with E-state index in [0.29, 0.717) is 21.8 Å². The van der Waals surface area contributed by atoms with E-state index >= 15 is 0 Å². The number of amides is 2. The van der Waals surface area contributed by atoms with Crippen LogP contribution in [-0.2, 0) is 16.0 Å². The lowest BCUT2D eigenvalue weighted by molar-refractivity contribution is -0.136. The molecule has 2 amide bonds. The Morgan fingerprint density at radius 1 is 1.03 bits per heavy atom. The van der Waals surface area contributed by atoms with E-state index in [4.69, 9.17) is 10.00 Å². The second-order valence-electron chi connectivity index (χ2n) is 6.49. The van der Waals surface area contributed by atoms with Crippen LogP contribution in [0.2, 0.25) is 0 Å². The Morgan fingerprint density at radius 3 is 2.47 bits per heavy atom. The lowest BCUT2D eigenvalue weighted by atomic mass is 10.1. The SMILES string of the molecule is C/C(=N\NC(=O)C(=O)Nc1ccc(CC#N)cc1)c1ccccc1OC(=O)c1cccs1. The molecule has 3 aromatic rings. The Balaban J connectivity index is 1.63. The quantitative estimate of drug-likeness (QED) is 0.197. The van der Waals surface area contributed by atoms with Gasteiger partial charge in [-0.3, -0.25) is 9.59 Å². The van der Waals surface area contributed by atoms with Crippen LogP contribution in [0.25, 0.3) is 0 Å². The van der Waals surface area contributed by atoms with Gasteiger partial charge in [-0.2, -0.15) is 10.4 Å². The zero-order chi connectivity index (χ0) is 22.9. The molecule has 2 aromatic carbocycles. The smallest absolute Gasteiger partial charge is 0.353 e. The maximum atomic E-state index is 12.2. The highest BCUT2D eigenvalue weighted by Crippen LogP contribution is 2.21. The number of nitrogens with one attached hydrogen (secondary N) is 2. The summed E-state index contributed by atoms with van der Waals surface area (Å²) in [6.07, 6.45) is 0.257. The summed E-state index contributed by atoms with van der Waals surface area (Å²) in [5.74, 6) is -2.07. The van der Waals surface area contributed by atoms with Gasteiger partial charge >= 0.3 is 17.8 Å². The highest BCUT2D eigenvalue weighted by atomic mass is 32.1. The van der Waals surface area contributed by atoms with Gasteiger partial charge < -0.3 is 10.1 Å². The van der Waals surface area contributed by atoms with Crippen molar-refractivity contribution in [3.05, 3.63) is 82.0 Å². The van der Waals surface area contributed by atoms with Crippen molar-refractivity contribution < 1.29 is 19.1 Å². The summed E-state index contributed by atoms with van der Waals surface area (Å²) in [5.41, 5.74) is 4.25. The standard InChI is InChI=1S/C23H18N4O4S/c1-15(18-5-2-3-6-19(18)31-23(30)20-7-4-14-32-20)26-27-22(29)21(28)25-17-10-8-16(9-11-17)12-13-24/h2-11,14H,12H2,1H3,(H,25,28)(H,27,29)/b26-15+. The number of ether oxygens (including phenoxy) is 1. The number of rotatable bonds is 6. The van der Waals surface area contributed by atoms with Crippen molar-refractivity contribution >= 4 is 40.5 Å². The van der Waals surface area contributed by atoms with Gasteiger partial charge in [0.25, 0.3) is 0 Å². The molecule has 0 aliphatic rings. The number of para-hydroxylation sites is 1. The molecule has 0 unspecified atom stereocenters. The fourth-order valence-corrected chi connectivity index (χ4v) is 3.23. The number of carbonyl (C=O) groups excluding carboxylic acids is 3. The molecule has 2 N–H and O–H groups in total. The van der Waals surface area contributed by atoms with Crippen LogP contribution in [0, 0.1) is 11.3 Å². The molecule has 1 heterocycles. The fourth-order valence-electron chi connectivity index (χ4n) is 2.63. The lowest BCUT2D eigenvalue weighted by Crippen LogP contribution is -2.33. The molecule has 0 saturated carbocycles. The van der Waals surface area contributed by atoms with Crippen LogP contribution in [-0.4, -0.2) is 23.5 Å². The molecular formula is C23H18N4O4S. The molecule has 0 bridgehead atoms. The number of nitriles is 1. The van der Waals surface area contributed by atoms with Crippen LogP contribution in [0.4, 0.5) is 5.69 Å². The molecular weight excluding hydrogens is 428 g/mol. The predicted molar refractivity (Wildman–Crippen MR) is 120 cm³/mol. The average molecular weight is 446 g/mol. The van der Waals surface area contributed by atoms with Crippen LogP contribution in [0.15, 0.2) is 71.1 Å². The minimum Gasteiger partial charge on any atom is -0.422 e. The van der Waals surface area contributed by atoms with Gasteiger partial charge in [0.05, 0.1) is 18.2 Å². The van der Waals surface area contributed by atoms with Crippen molar-refractivity contribution in [2.24, 2.45) is 5.10 Å². The highest BCUT2D eigenvalue weighted by molar-refractivity contribution is 7.12. The van der Waals surface area contributed by atoms with Crippen LogP contribution in [0.5, 0.6) is 5.75 Å². The Kier molecular flexibility index (Phi) is 7.46. The number of nitrogens with zero attached hydrogens (tertiary/aromatic N) is 2. The molecule has 0 atom stereocenters. The fraction of sp³-hybridized carbons (Fsp3) is 0.0870. The summed E-state index contributed by atoms with van der Waals surface area (Å²) in [6.45, 7) is 1.61. The van der Waals surface area contributed by atoms with E-state index in [0.717, 1.165) is 5.56 Å². The molecule has 0 spiro atoms. The summed E-state index contributed by atoms with van der Waals surface area (Å²) in [5, 5.41) is 16.9.